The summed E-state index contributed by atoms with van der Waals surface area (Å²) in [5.41, 5.74) is 0.432. The van der Waals surface area contributed by atoms with Gasteiger partial charge in [0.2, 0.25) is 0 Å². The molecule has 18 heavy (non-hydrogen) atoms. The monoisotopic (exact) mass is 269 g/mol. The van der Waals surface area contributed by atoms with Gasteiger partial charge in [0, 0.05) is 0 Å². The van der Waals surface area contributed by atoms with E-state index in [1.54, 1.807) is 20.8 Å². The zero-order valence-corrected chi connectivity index (χ0v) is 11.9. The highest BCUT2D eigenvalue weighted by atomic mass is 32.1. The minimum atomic E-state index is -1.01. The molecule has 0 bridgehead atoms. The normalized spacial score (nSPS) is 13.1. The SMILES string of the molecule is CCc1ccsc1C(=O)N[C@@H](C(=O)O)C(C)(C)C. The van der Waals surface area contributed by atoms with Crippen LogP contribution in [0.2, 0.25) is 0 Å². The summed E-state index contributed by atoms with van der Waals surface area (Å²) in [4.78, 5) is 23.9. The van der Waals surface area contributed by atoms with E-state index in [2.05, 4.69) is 5.32 Å². The summed E-state index contributed by atoms with van der Waals surface area (Å²) in [6.45, 7) is 7.35. The van der Waals surface area contributed by atoms with E-state index >= 15 is 0 Å². The Bertz CT molecular complexity index is 445. The van der Waals surface area contributed by atoms with Gasteiger partial charge in [-0.3, -0.25) is 4.79 Å². The molecule has 1 aromatic rings. The lowest BCUT2D eigenvalue weighted by atomic mass is 9.86. The van der Waals surface area contributed by atoms with Crippen LogP contribution in [0.4, 0.5) is 0 Å². The number of aliphatic carboxylic acids is 1. The highest BCUT2D eigenvalue weighted by molar-refractivity contribution is 7.12. The average Bonchev–Trinajstić information content (AvgIpc) is 2.71. The number of carboxylic acids is 1. The van der Waals surface area contributed by atoms with Crippen LogP contribution in [-0.4, -0.2) is 23.0 Å². The first-order valence-electron chi connectivity index (χ1n) is 5.87. The van der Waals surface area contributed by atoms with Crippen molar-refractivity contribution in [3.8, 4) is 0 Å². The Morgan fingerprint density at radius 3 is 2.50 bits per heavy atom. The molecule has 0 fully saturated rings. The van der Waals surface area contributed by atoms with Crippen LogP contribution in [0.5, 0.6) is 0 Å². The summed E-state index contributed by atoms with van der Waals surface area (Å²) < 4.78 is 0. The highest BCUT2D eigenvalue weighted by Gasteiger charge is 2.33. The minimum Gasteiger partial charge on any atom is -0.480 e. The summed E-state index contributed by atoms with van der Waals surface area (Å²) in [6.07, 6.45) is 0.763. The maximum atomic E-state index is 12.1. The molecule has 1 rings (SSSR count). The second-order valence-corrected chi connectivity index (χ2v) is 6.16. The molecule has 1 aromatic heterocycles. The van der Waals surface area contributed by atoms with Crippen LogP contribution >= 0.6 is 11.3 Å². The molecular weight excluding hydrogens is 250 g/mol. The summed E-state index contributed by atoms with van der Waals surface area (Å²) in [5, 5.41) is 13.6. The Morgan fingerprint density at radius 1 is 1.44 bits per heavy atom. The number of thiophene rings is 1. The first-order valence-corrected chi connectivity index (χ1v) is 6.75. The molecule has 1 atom stereocenters. The van der Waals surface area contributed by atoms with Crippen LogP contribution in [0.25, 0.3) is 0 Å². The lowest BCUT2D eigenvalue weighted by Crippen LogP contribution is -2.49. The van der Waals surface area contributed by atoms with Gasteiger partial charge >= 0.3 is 5.97 Å². The van der Waals surface area contributed by atoms with Crippen molar-refractivity contribution in [3.05, 3.63) is 21.9 Å². The quantitative estimate of drug-likeness (QED) is 0.882. The molecule has 5 heteroatoms. The van der Waals surface area contributed by atoms with Crippen molar-refractivity contribution in [1.29, 1.82) is 0 Å². The molecule has 1 amide bonds. The van der Waals surface area contributed by atoms with Crippen LogP contribution < -0.4 is 5.32 Å². The molecule has 0 saturated heterocycles. The second-order valence-electron chi connectivity index (χ2n) is 5.24. The van der Waals surface area contributed by atoms with Gasteiger partial charge in [0.05, 0.1) is 4.88 Å². The topological polar surface area (TPSA) is 66.4 Å². The van der Waals surface area contributed by atoms with Gasteiger partial charge in [-0.15, -0.1) is 11.3 Å². The first kappa shape index (κ1) is 14.7. The fourth-order valence-corrected chi connectivity index (χ4v) is 2.56. The van der Waals surface area contributed by atoms with Crippen LogP contribution in [0.15, 0.2) is 11.4 Å². The third-order valence-electron chi connectivity index (χ3n) is 2.72. The van der Waals surface area contributed by atoms with Crippen LogP contribution in [0.1, 0.15) is 42.9 Å². The lowest BCUT2D eigenvalue weighted by molar-refractivity contribution is -0.142. The molecule has 100 valence electrons. The Balaban J connectivity index is 2.89. The average molecular weight is 269 g/mol. The van der Waals surface area contributed by atoms with Gasteiger partial charge in [0.25, 0.3) is 5.91 Å². The van der Waals surface area contributed by atoms with E-state index in [4.69, 9.17) is 0 Å². The van der Waals surface area contributed by atoms with Gasteiger partial charge in [-0.2, -0.15) is 0 Å². The van der Waals surface area contributed by atoms with Gasteiger partial charge < -0.3 is 10.4 Å². The highest BCUT2D eigenvalue weighted by Crippen LogP contribution is 2.22. The van der Waals surface area contributed by atoms with Crippen molar-refractivity contribution in [2.75, 3.05) is 0 Å². The van der Waals surface area contributed by atoms with E-state index in [1.165, 1.54) is 11.3 Å². The van der Waals surface area contributed by atoms with Gasteiger partial charge in [-0.25, -0.2) is 4.79 Å². The van der Waals surface area contributed by atoms with Crippen LogP contribution in [-0.2, 0) is 11.2 Å². The number of carboxylic acid groups (broad SMARTS) is 1. The number of nitrogens with one attached hydrogen (secondary N) is 1. The van der Waals surface area contributed by atoms with E-state index in [0.29, 0.717) is 4.88 Å². The van der Waals surface area contributed by atoms with E-state index in [-0.39, 0.29) is 5.91 Å². The molecule has 0 radical (unpaired) electrons. The van der Waals surface area contributed by atoms with Crippen LogP contribution in [0, 0.1) is 5.41 Å². The van der Waals surface area contributed by atoms with E-state index in [1.807, 2.05) is 18.4 Å². The number of carbonyl (C=O) groups excluding carboxylic acids is 1. The summed E-state index contributed by atoms with van der Waals surface area (Å²) in [6, 6.07) is 1.00. The van der Waals surface area contributed by atoms with Crippen molar-refractivity contribution >= 4 is 23.2 Å². The Labute approximate surface area is 111 Å². The Kier molecular flexibility index (Phi) is 4.51. The fraction of sp³-hybridized carbons (Fsp3) is 0.538. The van der Waals surface area contributed by atoms with E-state index in [9.17, 15) is 14.7 Å². The maximum absolute atomic E-state index is 12.1. The molecule has 0 unspecified atom stereocenters. The molecule has 0 aliphatic heterocycles. The molecule has 0 saturated carbocycles. The van der Waals surface area contributed by atoms with Gasteiger partial charge in [0.15, 0.2) is 0 Å². The molecule has 0 spiro atoms. The van der Waals surface area contributed by atoms with Crippen molar-refractivity contribution in [3.63, 3.8) is 0 Å². The third-order valence-corrected chi connectivity index (χ3v) is 3.68. The first-order chi connectivity index (χ1) is 8.27. The molecule has 2 N–H and O–H groups in total. The maximum Gasteiger partial charge on any atom is 0.326 e. The number of rotatable bonds is 4. The summed E-state index contributed by atoms with van der Waals surface area (Å²) in [5.74, 6) is -1.31. The molecule has 1 heterocycles. The zero-order valence-electron chi connectivity index (χ0n) is 11.1. The largest absolute Gasteiger partial charge is 0.480 e. The zero-order chi connectivity index (χ0) is 13.9. The van der Waals surface area contributed by atoms with Crippen molar-refractivity contribution in [2.24, 2.45) is 5.41 Å². The van der Waals surface area contributed by atoms with Gasteiger partial charge in [0.1, 0.15) is 6.04 Å². The second kappa shape index (κ2) is 5.52. The smallest absolute Gasteiger partial charge is 0.326 e. The van der Waals surface area contributed by atoms with E-state index in [0.717, 1.165) is 12.0 Å². The Morgan fingerprint density at radius 2 is 2.06 bits per heavy atom. The van der Waals surface area contributed by atoms with Crippen molar-refractivity contribution in [2.45, 2.75) is 40.2 Å². The molecule has 0 aliphatic rings. The summed E-state index contributed by atoms with van der Waals surface area (Å²) in [7, 11) is 0. The predicted octanol–water partition coefficient (Wildman–Crippen LogP) is 2.54. The summed E-state index contributed by atoms with van der Waals surface area (Å²) >= 11 is 1.34. The van der Waals surface area contributed by atoms with Crippen LogP contribution in [0.3, 0.4) is 0 Å². The number of hydrogen-bond acceptors (Lipinski definition) is 3. The molecule has 0 aromatic carbocycles. The number of carbonyl (C=O) groups is 2. The standard InChI is InChI=1S/C13H19NO3S/c1-5-8-6-7-18-9(8)11(15)14-10(12(16)17)13(2,3)4/h6-7,10H,5H2,1-4H3,(H,14,15)(H,16,17)/t10-/m0/s1. The van der Waals surface area contributed by atoms with Gasteiger partial charge in [-0.1, -0.05) is 27.7 Å². The molecular formula is C13H19NO3S. The molecule has 0 aliphatic carbocycles. The van der Waals surface area contributed by atoms with Gasteiger partial charge in [-0.05, 0) is 28.8 Å². The lowest BCUT2D eigenvalue weighted by Gasteiger charge is -2.27. The van der Waals surface area contributed by atoms with Crippen molar-refractivity contribution < 1.29 is 14.7 Å². The fourth-order valence-electron chi connectivity index (χ4n) is 1.66. The minimum absolute atomic E-state index is 0.302. The van der Waals surface area contributed by atoms with Crippen molar-refractivity contribution in [1.82, 2.24) is 5.32 Å². The number of hydrogen-bond donors (Lipinski definition) is 2. The predicted molar refractivity (Wildman–Crippen MR) is 72.0 cm³/mol. The Hall–Kier alpha value is -1.36. The van der Waals surface area contributed by atoms with E-state index < -0.39 is 17.4 Å². The molecule has 4 nitrogen and oxygen atoms in total. The third kappa shape index (κ3) is 3.32. The number of aryl methyl sites for hydroxylation is 1. The number of amides is 1.